The lowest BCUT2D eigenvalue weighted by molar-refractivity contribution is -0.128. The van der Waals surface area contributed by atoms with E-state index in [1.807, 2.05) is 24.0 Å². The molecule has 6 heteroatoms. The molecule has 1 atom stereocenters. The van der Waals surface area contributed by atoms with Crippen molar-refractivity contribution >= 4 is 17.7 Å². The fourth-order valence-electron chi connectivity index (χ4n) is 2.10. The van der Waals surface area contributed by atoms with Crippen LogP contribution in [0.4, 0.5) is 0 Å². The molecule has 5 nitrogen and oxygen atoms in total. The molecule has 2 aromatic rings. The van der Waals surface area contributed by atoms with Crippen molar-refractivity contribution in [3.8, 4) is 0 Å². The largest absolute Gasteiger partial charge is 0.320 e. The molecule has 1 saturated heterocycles. The number of thioether (sulfide) groups is 1. The van der Waals surface area contributed by atoms with E-state index in [1.54, 1.807) is 36.5 Å². The van der Waals surface area contributed by atoms with Crippen LogP contribution in [0.25, 0.3) is 0 Å². The van der Waals surface area contributed by atoms with E-state index in [0.717, 1.165) is 17.0 Å². The monoisotopic (exact) mass is 286 g/mol. The highest BCUT2D eigenvalue weighted by atomic mass is 32.2. The number of carbonyl (C=O) groups excluding carboxylic acids is 1. The van der Waals surface area contributed by atoms with Crippen LogP contribution in [-0.4, -0.2) is 31.5 Å². The minimum absolute atomic E-state index is 0.0357. The lowest BCUT2D eigenvalue weighted by Crippen LogP contribution is -2.28. The Balaban J connectivity index is 1.82. The Morgan fingerprint density at radius 2 is 2.10 bits per heavy atom. The molecule has 0 spiro atoms. The van der Waals surface area contributed by atoms with Gasteiger partial charge in [0, 0.05) is 18.6 Å². The maximum Gasteiger partial charge on any atom is 0.234 e. The quantitative estimate of drug-likeness (QED) is 0.863. The van der Waals surface area contributed by atoms with E-state index in [2.05, 4.69) is 15.0 Å². The lowest BCUT2D eigenvalue weighted by atomic mass is 10.2. The van der Waals surface area contributed by atoms with Crippen LogP contribution in [0.2, 0.25) is 0 Å². The summed E-state index contributed by atoms with van der Waals surface area (Å²) in [5, 5.41) is 0.0357. The van der Waals surface area contributed by atoms with Gasteiger partial charge >= 0.3 is 0 Å². The number of nitrogens with zero attached hydrogens (tertiary/aromatic N) is 4. The SMILES string of the molecule is Cc1cnc(CN2C(=O)CSC2c2ccncc2)cn1. The van der Waals surface area contributed by atoms with E-state index in [-0.39, 0.29) is 11.3 Å². The molecule has 1 unspecified atom stereocenters. The normalized spacial score (nSPS) is 18.6. The number of aromatic nitrogens is 3. The molecule has 0 aliphatic carbocycles. The van der Waals surface area contributed by atoms with Crippen LogP contribution in [-0.2, 0) is 11.3 Å². The summed E-state index contributed by atoms with van der Waals surface area (Å²) in [6.45, 7) is 2.39. The first-order valence-electron chi connectivity index (χ1n) is 6.32. The lowest BCUT2D eigenvalue weighted by Gasteiger charge is -2.23. The zero-order valence-electron chi connectivity index (χ0n) is 11.1. The highest BCUT2D eigenvalue weighted by molar-refractivity contribution is 8.00. The van der Waals surface area contributed by atoms with Crippen LogP contribution < -0.4 is 0 Å². The molecule has 2 aromatic heterocycles. The third-order valence-corrected chi connectivity index (χ3v) is 4.38. The molecule has 1 aliphatic heterocycles. The molecule has 20 heavy (non-hydrogen) atoms. The highest BCUT2D eigenvalue weighted by Gasteiger charge is 2.32. The van der Waals surface area contributed by atoms with Gasteiger partial charge in [-0.15, -0.1) is 11.8 Å². The van der Waals surface area contributed by atoms with E-state index < -0.39 is 0 Å². The molecule has 1 amide bonds. The molecule has 102 valence electrons. The van der Waals surface area contributed by atoms with Crippen molar-refractivity contribution in [3.05, 3.63) is 53.9 Å². The van der Waals surface area contributed by atoms with Crippen molar-refractivity contribution in [3.63, 3.8) is 0 Å². The molecule has 0 N–H and O–H groups in total. The smallest absolute Gasteiger partial charge is 0.234 e. The van der Waals surface area contributed by atoms with Crippen molar-refractivity contribution in [1.82, 2.24) is 19.9 Å². The number of hydrogen-bond acceptors (Lipinski definition) is 5. The van der Waals surface area contributed by atoms with Crippen molar-refractivity contribution in [1.29, 1.82) is 0 Å². The van der Waals surface area contributed by atoms with Crippen LogP contribution in [0.15, 0.2) is 36.9 Å². The summed E-state index contributed by atoms with van der Waals surface area (Å²) in [4.78, 5) is 26.5. The van der Waals surface area contributed by atoms with Gasteiger partial charge in [-0.05, 0) is 24.6 Å². The Morgan fingerprint density at radius 1 is 1.30 bits per heavy atom. The average Bonchev–Trinajstić information content (AvgIpc) is 2.84. The van der Waals surface area contributed by atoms with E-state index in [1.165, 1.54) is 0 Å². The van der Waals surface area contributed by atoms with Gasteiger partial charge < -0.3 is 4.90 Å². The van der Waals surface area contributed by atoms with Gasteiger partial charge in [-0.1, -0.05) is 0 Å². The van der Waals surface area contributed by atoms with Crippen LogP contribution in [0.5, 0.6) is 0 Å². The van der Waals surface area contributed by atoms with Gasteiger partial charge in [0.15, 0.2) is 0 Å². The fraction of sp³-hybridized carbons (Fsp3) is 0.286. The summed E-state index contributed by atoms with van der Waals surface area (Å²) >= 11 is 1.63. The van der Waals surface area contributed by atoms with Crippen molar-refractivity contribution < 1.29 is 4.79 Å². The van der Waals surface area contributed by atoms with Gasteiger partial charge in [0.1, 0.15) is 5.37 Å². The van der Waals surface area contributed by atoms with Crippen LogP contribution >= 0.6 is 11.8 Å². The second-order valence-corrected chi connectivity index (χ2v) is 5.68. The van der Waals surface area contributed by atoms with E-state index in [0.29, 0.717) is 12.3 Å². The predicted octanol–water partition coefficient (Wildman–Crippen LogP) is 1.95. The number of pyridine rings is 1. The van der Waals surface area contributed by atoms with Gasteiger partial charge in [-0.3, -0.25) is 19.7 Å². The van der Waals surface area contributed by atoms with Gasteiger partial charge in [0.25, 0.3) is 0 Å². The van der Waals surface area contributed by atoms with Crippen molar-refractivity contribution in [2.45, 2.75) is 18.8 Å². The van der Waals surface area contributed by atoms with Gasteiger partial charge in [-0.2, -0.15) is 0 Å². The molecule has 3 rings (SSSR count). The van der Waals surface area contributed by atoms with E-state index in [9.17, 15) is 4.79 Å². The average molecular weight is 286 g/mol. The second-order valence-electron chi connectivity index (χ2n) is 4.61. The van der Waals surface area contributed by atoms with Gasteiger partial charge in [-0.25, -0.2) is 0 Å². The second kappa shape index (κ2) is 5.58. The zero-order valence-corrected chi connectivity index (χ0v) is 11.9. The first kappa shape index (κ1) is 13.1. The number of hydrogen-bond donors (Lipinski definition) is 0. The molecule has 1 fully saturated rings. The standard InChI is InChI=1S/C14H14N4OS/c1-10-6-17-12(7-16-10)8-18-13(19)9-20-14(18)11-2-4-15-5-3-11/h2-7,14H,8-9H2,1H3. The predicted molar refractivity (Wildman–Crippen MR) is 76.8 cm³/mol. The fourth-order valence-corrected chi connectivity index (χ4v) is 3.29. The minimum atomic E-state index is 0.0357. The van der Waals surface area contributed by atoms with Crippen molar-refractivity contribution in [2.24, 2.45) is 0 Å². The summed E-state index contributed by atoms with van der Waals surface area (Å²) in [6, 6.07) is 3.90. The summed E-state index contributed by atoms with van der Waals surface area (Å²) < 4.78 is 0. The Bertz CT molecular complexity index is 602. The number of carbonyl (C=O) groups is 1. The van der Waals surface area contributed by atoms with Crippen LogP contribution in [0.1, 0.15) is 22.3 Å². The third kappa shape index (κ3) is 2.65. The van der Waals surface area contributed by atoms with Gasteiger partial charge in [0.05, 0.1) is 29.9 Å². The highest BCUT2D eigenvalue weighted by Crippen LogP contribution is 2.38. The number of aryl methyl sites for hydroxylation is 1. The summed E-state index contributed by atoms with van der Waals surface area (Å²) in [7, 11) is 0. The molecule has 0 aromatic carbocycles. The first-order valence-corrected chi connectivity index (χ1v) is 7.37. The van der Waals surface area contributed by atoms with Crippen LogP contribution in [0.3, 0.4) is 0 Å². The number of rotatable bonds is 3. The third-order valence-electron chi connectivity index (χ3n) is 3.13. The van der Waals surface area contributed by atoms with E-state index in [4.69, 9.17) is 0 Å². The minimum Gasteiger partial charge on any atom is -0.320 e. The molecule has 3 heterocycles. The maximum atomic E-state index is 12.1. The van der Waals surface area contributed by atoms with Gasteiger partial charge in [0.2, 0.25) is 5.91 Å². The summed E-state index contributed by atoms with van der Waals surface area (Å²) in [5.41, 5.74) is 2.78. The first-order chi connectivity index (χ1) is 9.74. The topological polar surface area (TPSA) is 59.0 Å². The van der Waals surface area contributed by atoms with Crippen LogP contribution in [0, 0.1) is 6.92 Å². The Labute approximate surface area is 121 Å². The molecule has 1 aliphatic rings. The zero-order chi connectivity index (χ0) is 13.9. The molecular formula is C14H14N4OS. The molecular weight excluding hydrogens is 272 g/mol. The van der Waals surface area contributed by atoms with E-state index >= 15 is 0 Å². The molecule has 0 bridgehead atoms. The van der Waals surface area contributed by atoms with Crippen molar-refractivity contribution in [2.75, 3.05) is 5.75 Å². The number of amides is 1. The Kier molecular flexibility index (Phi) is 3.64. The molecule has 0 saturated carbocycles. The maximum absolute atomic E-state index is 12.1. The summed E-state index contributed by atoms with van der Waals surface area (Å²) in [5.74, 6) is 0.644. The Hall–Kier alpha value is -1.95. The Morgan fingerprint density at radius 3 is 2.80 bits per heavy atom. The summed E-state index contributed by atoms with van der Waals surface area (Å²) in [6.07, 6.45) is 6.96. The molecule has 0 radical (unpaired) electrons.